The van der Waals surface area contributed by atoms with Crippen molar-refractivity contribution in [1.29, 1.82) is 0 Å². The number of piperidine rings is 1. The fourth-order valence-corrected chi connectivity index (χ4v) is 5.44. The molecule has 1 fully saturated rings. The van der Waals surface area contributed by atoms with Crippen LogP contribution in [-0.2, 0) is 6.54 Å². The zero-order chi connectivity index (χ0) is 26.8. The minimum atomic E-state index is -2.89. The van der Waals surface area contributed by atoms with Gasteiger partial charge in [0.1, 0.15) is 22.6 Å². The Balaban J connectivity index is 1.39. The number of likely N-dealkylation sites (tertiary alicyclic amines) is 1. The van der Waals surface area contributed by atoms with Crippen LogP contribution in [0, 0.1) is 12.7 Å². The van der Waals surface area contributed by atoms with Crippen LogP contribution in [0.3, 0.4) is 0 Å². The highest BCUT2D eigenvalue weighted by molar-refractivity contribution is 6.30. The maximum atomic E-state index is 14.8. The van der Waals surface area contributed by atoms with Crippen molar-refractivity contribution in [3.8, 4) is 0 Å². The minimum absolute atomic E-state index is 0.139. The molecule has 0 radical (unpaired) electrons. The summed E-state index contributed by atoms with van der Waals surface area (Å²) in [5.74, 6) is 0.258. The SMILES string of the molecule is Cc1nc(N[C@H](C)c2cccc(C(F)F)c2F)c2cc(C3CCN(Cc4ccccc4)CC3)c(Cl)nc2n1. The first kappa shape index (κ1) is 26.4. The monoisotopic (exact) mass is 539 g/mol. The van der Waals surface area contributed by atoms with Crippen LogP contribution in [0.2, 0.25) is 5.15 Å². The fourth-order valence-electron chi connectivity index (χ4n) is 5.15. The number of hydrogen-bond donors (Lipinski definition) is 1. The van der Waals surface area contributed by atoms with Crippen molar-refractivity contribution < 1.29 is 13.2 Å². The quantitative estimate of drug-likeness (QED) is 0.245. The van der Waals surface area contributed by atoms with Crippen LogP contribution < -0.4 is 5.32 Å². The number of nitrogens with one attached hydrogen (secondary N) is 1. The van der Waals surface area contributed by atoms with Gasteiger partial charge < -0.3 is 5.32 Å². The molecule has 0 bridgehead atoms. The van der Waals surface area contributed by atoms with Crippen molar-refractivity contribution in [2.24, 2.45) is 0 Å². The molecule has 4 aromatic rings. The van der Waals surface area contributed by atoms with E-state index in [2.05, 4.69) is 49.4 Å². The third-order valence-electron chi connectivity index (χ3n) is 7.17. The highest BCUT2D eigenvalue weighted by Crippen LogP contribution is 2.36. The topological polar surface area (TPSA) is 53.9 Å². The second-order valence-corrected chi connectivity index (χ2v) is 10.2. The Bertz CT molecular complexity index is 1430. The van der Waals surface area contributed by atoms with Gasteiger partial charge >= 0.3 is 0 Å². The molecule has 1 saturated heterocycles. The molecule has 9 heteroatoms. The van der Waals surface area contributed by atoms with Crippen LogP contribution in [0.4, 0.5) is 19.0 Å². The number of pyridine rings is 1. The molecule has 0 amide bonds. The zero-order valence-corrected chi connectivity index (χ0v) is 22.0. The third-order valence-corrected chi connectivity index (χ3v) is 7.47. The average molecular weight is 540 g/mol. The van der Waals surface area contributed by atoms with Gasteiger partial charge in [0.2, 0.25) is 0 Å². The Morgan fingerprint density at radius 1 is 1.00 bits per heavy atom. The Kier molecular flexibility index (Phi) is 7.81. The molecule has 0 aliphatic carbocycles. The average Bonchev–Trinajstić information content (AvgIpc) is 2.89. The van der Waals surface area contributed by atoms with Crippen molar-refractivity contribution >= 4 is 28.5 Å². The third kappa shape index (κ3) is 5.61. The number of fused-ring (bicyclic) bond motifs is 1. The van der Waals surface area contributed by atoms with Gasteiger partial charge in [-0.25, -0.2) is 28.1 Å². The molecule has 5 nitrogen and oxygen atoms in total. The smallest absolute Gasteiger partial charge is 0.266 e. The molecule has 0 spiro atoms. The van der Waals surface area contributed by atoms with E-state index in [4.69, 9.17) is 11.6 Å². The van der Waals surface area contributed by atoms with E-state index in [1.54, 1.807) is 13.8 Å². The summed E-state index contributed by atoms with van der Waals surface area (Å²) in [5, 5.41) is 4.29. The van der Waals surface area contributed by atoms with Crippen molar-refractivity contribution in [2.45, 2.75) is 51.6 Å². The molecule has 1 aliphatic rings. The molecule has 1 N–H and O–H groups in total. The highest BCUT2D eigenvalue weighted by Gasteiger charge is 2.25. The van der Waals surface area contributed by atoms with Crippen molar-refractivity contribution in [3.05, 3.63) is 93.6 Å². The van der Waals surface area contributed by atoms with E-state index in [-0.39, 0.29) is 11.5 Å². The van der Waals surface area contributed by atoms with Gasteiger partial charge in [-0.1, -0.05) is 60.1 Å². The Hall–Kier alpha value is -3.23. The lowest BCUT2D eigenvalue weighted by atomic mass is 9.89. The number of aromatic nitrogens is 3. The molecular formula is C29H29ClF3N5. The molecule has 0 saturated carbocycles. The van der Waals surface area contributed by atoms with Gasteiger partial charge in [-0.3, -0.25) is 4.90 Å². The van der Waals surface area contributed by atoms with Gasteiger partial charge in [0.15, 0.2) is 5.65 Å². The van der Waals surface area contributed by atoms with E-state index in [1.807, 2.05) is 12.1 Å². The van der Waals surface area contributed by atoms with Crippen LogP contribution in [0.15, 0.2) is 54.6 Å². The van der Waals surface area contributed by atoms with Gasteiger partial charge in [-0.2, -0.15) is 0 Å². The summed E-state index contributed by atoms with van der Waals surface area (Å²) in [4.78, 5) is 16.0. The lowest BCUT2D eigenvalue weighted by Crippen LogP contribution is -2.32. The van der Waals surface area contributed by atoms with Crippen molar-refractivity contribution in [3.63, 3.8) is 0 Å². The van der Waals surface area contributed by atoms with Crippen molar-refractivity contribution in [1.82, 2.24) is 19.9 Å². The zero-order valence-electron chi connectivity index (χ0n) is 21.3. The molecule has 38 heavy (non-hydrogen) atoms. The van der Waals surface area contributed by atoms with Crippen LogP contribution in [0.5, 0.6) is 0 Å². The van der Waals surface area contributed by atoms with E-state index in [0.717, 1.165) is 44.1 Å². The maximum absolute atomic E-state index is 14.8. The predicted octanol–water partition coefficient (Wildman–Crippen LogP) is 7.62. The molecule has 5 rings (SSSR count). The van der Waals surface area contributed by atoms with Crippen LogP contribution in [0.25, 0.3) is 11.0 Å². The number of aryl methyl sites for hydroxylation is 1. The van der Waals surface area contributed by atoms with Gasteiger partial charge in [0.05, 0.1) is 17.0 Å². The summed E-state index contributed by atoms with van der Waals surface area (Å²) in [6.07, 6.45) is -1.01. The molecule has 3 heterocycles. The Morgan fingerprint density at radius 2 is 1.71 bits per heavy atom. The number of anilines is 1. The number of nitrogens with zero attached hydrogens (tertiary/aromatic N) is 4. The number of alkyl halides is 2. The lowest BCUT2D eigenvalue weighted by molar-refractivity contribution is 0.146. The second-order valence-electron chi connectivity index (χ2n) is 9.81. The molecule has 1 atom stereocenters. The summed E-state index contributed by atoms with van der Waals surface area (Å²) in [5.41, 5.74) is 2.19. The standard InChI is InChI=1S/C29H29ClF3N5/c1-17(21-9-6-10-22(25(21)31)27(32)33)34-28-24-15-23(26(30)37-29(24)36-18(2)35-28)20-11-13-38(14-12-20)16-19-7-4-3-5-8-19/h3-10,15,17,20,27H,11-14,16H2,1-2H3,(H,34,35,36,37)/t17-/m1/s1. The second kappa shape index (κ2) is 11.3. The van der Waals surface area contributed by atoms with E-state index in [0.29, 0.717) is 27.8 Å². The van der Waals surface area contributed by atoms with Crippen molar-refractivity contribution in [2.75, 3.05) is 18.4 Å². The first-order chi connectivity index (χ1) is 18.3. The minimum Gasteiger partial charge on any atom is -0.363 e. The van der Waals surface area contributed by atoms with Crippen LogP contribution >= 0.6 is 11.6 Å². The van der Waals surface area contributed by atoms with E-state index >= 15 is 0 Å². The normalized spacial score (nSPS) is 15.8. The predicted molar refractivity (Wildman–Crippen MR) is 144 cm³/mol. The number of halogens is 4. The molecule has 198 valence electrons. The molecule has 2 aromatic heterocycles. The molecule has 2 aromatic carbocycles. The van der Waals surface area contributed by atoms with Gasteiger partial charge in [-0.05, 0) is 62.9 Å². The molecule has 0 unspecified atom stereocenters. The maximum Gasteiger partial charge on any atom is 0.266 e. The molecular weight excluding hydrogens is 511 g/mol. The lowest BCUT2D eigenvalue weighted by Gasteiger charge is -2.32. The first-order valence-electron chi connectivity index (χ1n) is 12.7. The Labute approximate surface area is 225 Å². The number of benzene rings is 2. The van der Waals surface area contributed by atoms with Crippen LogP contribution in [-0.4, -0.2) is 32.9 Å². The fraction of sp³-hybridized carbons (Fsp3) is 0.345. The summed E-state index contributed by atoms with van der Waals surface area (Å²) < 4.78 is 41.3. The molecule has 1 aliphatic heterocycles. The summed E-state index contributed by atoms with van der Waals surface area (Å²) in [6.45, 7) is 6.25. The summed E-state index contributed by atoms with van der Waals surface area (Å²) in [6, 6.07) is 15.8. The highest BCUT2D eigenvalue weighted by atomic mass is 35.5. The van der Waals surface area contributed by atoms with E-state index in [1.165, 1.54) is 17.7 Å². The summed E-state index contributed by atoms with van der Waals surface area (Å²) in [7, 11) is 0. The first-order valence-corrected chi connectivity index (χ1v) is 13.1. The number of rotatable bonds is 7. The van der Waals surface area contributed by atoms with E-state index in [9.17, 15) is 13.2 Å². The van der Waals surface area contributed by atoms with Crippen LogP contribution in [0.1, 0.15) is 66.2 Å². The summed E-state index contributed by atoms with van der Waals surface area (Å²) >= 11 is 6.65. The van der Waals surface area contributed by atoms with Gasteiger partial charge in [0.25, 0.3) is 6.43 Å². The number of hydrogen-bond acceptors (Lipinski definition) is 5. The largest absolute Gasteiger partial charge is 0.363 e. The van der Waals surface area contributed by atoms with E-state index < -0.39 is 23.8 Å². The van der Waals surface area contributed by atoms with Gasteiger partial charge in [-0.15, -0.1) is 0 Å². The Morgan fingerprint density at radius 3 is 2.42 bits per heavy atom. The van der Waals surface area contributed by atoms with Gasteiger partial charge in [0, 0.05) is 12.1 Å².